The highest BCUT2D eigenvalue weighted by atomic mass is 32.1. The van der Waals surface area contributed by atoms with Gasteiger partial charge in [0.05, 0.1) is 12.7 Å². The van der Waals surface area contributed by atoms with Crippen molar-refractivity contribution in [2.24, 2.45) is 0 Å². The monoisotopic (exact) mass is 280 g/mol. The smallest absolute Gasteiger partial charge is 0.0827 e. The number of thiophene rings is 1. The number of nitrogens with zero attached hydrogens (tertiary/aromatic N) is 1. The molecule has 1 N–H and O–H groups in total. The van der Waals surface area contributed by atoms with E-state index in [2.05, 4.69) is 36.2 Å². The molecule has 3 rings (SSSR count). The van der Waals surface area contributed by atoms with Gasteiger partial charge in [-0.25, -0.2) is 0 Å². The Morgan fingerprint density at radius 2 is 2.42 bits per heavy atom. The third kappa shape index (κ3) is 3.19. The summed E-state index contributed by atoms with van der Waals surface area (Å²) in [6.07, 6.45) is 3.03. The number of nitrogens with one attached hydrogen (secondary N) is 1. The average Bonchev–Trinajstić information content (AvgIpc) is 3.03. The van der Waals surface area contributed by atoms with E-state index in [-0.39, 0.29) is 0 Å². The molecule has 0 saturated carbocycles. The van der Waals surface area contributed by atoms with Gasteiger partial charge >= 0.3 is 0 Å². The van der Waals surface area contributed by atoms with Crippen molar-refractivity contribution < 1.29 is 4.74 Å². The molecule has 1 aromatic rings. The number of morpholine rings is 1. The maximum Gasteiger partial charge on any atom is 0.0827 e. The summed E-state index contributed by atoms with van der Waals surface area (Å²) in [7, 11) is 0. The lowest BCUT2D eigenvalue weighted by molar-refractivity contribution is -0.0477. The fraction of sp³-hybridized carbons (Fsp3) is 0.733. The summed E-state index contributed by atoms with van der Waals surface area (Å²) in [4.78, 5) is 5.42. The SMILES string of the molecule is Cc1ccc(C(C)NCC2CN3CCCC3CO2)s1. The molecule has 3 heterocycles. The Morgan fingerprint density at radius 1 is 1.53 bits per heavy atom. The van der Waals surface area contributed by atoms with Crippen LogP contribution in [0.2, 0.25) is 0 Å². The van der Waals surface area contributed by atoms with Gasteiger partial charge in [-0.05, 0) is 45.4 Å². The highest BCUT2D eigenvalue weighted by Crippen LogP contribution is 2.24. The molecule has 106 valence electrons. The second-order valence-corrected chi connectivity index (χ2v) is 7.14. The zero-order chi connectivity index (χ0) is 13.2. The van der Waals surface area contributed by atoms with Gasteiger partial charge in [0.1, 0.15) is 0 Å². The minimum Gasteiger partial charge on any atom is -0.374 e. The van der Waals surface area contributed by atoms with E-state index in [0.29, 0.717) is 18.2 Å². The summed E-state index contributed by atoms with van der Waals surface area (Å²) in [5, 5.41) is 3.62. The van der Waals surface area contributed by atoms with E-state index in [1.807, 2.05) is 11.3 Å². The topological polar surface area (TPSA) is 24.5 Å². The molecule has 0 aromatic carbocycles. The van der Waals surface area contributed by atoms with Crippen LogP contribution in [-0.2, 0) is 4.74 Å². The van der Waals surface area contributed by atoms with Gasteiger partial charge in [0.2, 0.25) is 0 Å². The van der Waals surface area contributed by atoms with E-state index < -0.39 is 0 Å². The van der Waals surface area contributed by atoms with Crippen molar-refractivity contribution in [2.75, 3.05) is 26.2 Å². The molecule has 19 heavy (non-hydrogen) atoms. The molecule has 0 aliphatic carbocycles. The molecule has 0 bridgehead atoms. The zero-order valence-corrected chi connectivity index (χ0v) is 12.7. The second kappa shape index (κ2) is 5.92. The lowest BCUT2D eigenvalue weighted by Crippen LogP contribution is -2.49. The first-order chi connectivity index (χ1) is 9.22. The standard InChI is InChI=1S/C15H24N2OS/c1-11-5-6-15(19-11)12(2)16-8-14-9-17-7-3-4-13(17)10-18-14/h5-6,12-14,16H,3-4,7-10H2,1-2H3. The molecule has 2 saturated heterocycles. The Hall–Kier alpha value is -0.420. The molecule has 1 aromatic heterocycles. The lowest BCUT2D eigenvalue weighted by atomic mass is 10.2. The highest BCUT2D eigenvalue weighted by molar-refractivity contribution is 7.12. The van der Waals surface area contributed by atoms with Crippen molar-refractivity contribution in [2.45, 2.75) is 44.9 Å². The molecule has 0 amide bonds. The zero-order valence-electron chi connectivity index (χ0n) is 11.9. The van der Waals surface area contributed by atoms with E-state index in [4.69, 9.17) is 4.74 Å². The lowest BCUT2D eigenvalue weighted by Gasteiger charge is -2.35. The van der Waals surface area contributed by atoms with Crippen molar-refractivity contribution in [3.05, 3.63) is 21.9 Å². The fourth-order valence-corrected chi connectivity index (χ4v) is 4.01. The number of hydrogen-bond acceptors (Lipinski definition) is 4. The molecule has 0 radical (unpaired) electrons. The van der Waals surface area contributed by atoms with E-state index in [9.17, 15) is 0 Å². The summed E-state index contributed by atoms with van der Waals surface area (Å²) in [5.74, 6) is 0. The van der Waals surface area contributed by atoms with Gasteiger partial charge in [0.25, 0.3) is 0 Å². The third-order valence-electron chi connectivity index (χ3n) is 4.30. The Morgan fingerprint density at radius 3 is 3.21 bits per heavy atom. The molecule has 3 atom stereocenters. The number of aryl methyl sites for hydroxylation is 1. The number of ether oxygens (including phenoxy) is 1. The van der Waals surface area contributed by atoms with Crippen LogP contribution in [0.1, 0.15) is 35.6 Å². The first-order valence-corrected chi connectivity index (χ1v) is 8.19. The summed E-state index contributed by atoms with van der Waals surface area (Å²) >= 11 is 1.88. The molecule has 2 fully saturated rings. The molecule has 3 nitrogen and oxygen atoms in total. The van der Waals surface area contributed by atoms with E-state index in [1.165, 1.54) is 29.1 Å². The van der Waals surface area contributed by atoms with Crippen molar-refractivity contribution in [1.29, 1.82) is 0 Å². The Bertz CT molecular complexity index is 420. The van der Waals surface area contributed by atoms with Gasteiger partial charge in [-0.2, -0.15) is 0 Å². The number of fused-ring (bicyclic) bond motifs is 1. The van der Waals surface area contributed by atoms with Gasteiger partial charge in [0.15, 0.2) is 0 Å². The Balaban J connectivity index is 1.47. The van der Waals surface area contributed by atoms with E-state index in [0.717, 1.165) is 19.7 Å². The predicted octanol–water partition coefficient (Wildman–Crippen LogP) is 2.57. The summed E-state index contributed by atoms with van der Waals surface area (Å²) in [6, 6.07) is 5.56. The van der Waals surface area contributed by atoms with Crippen molar-refractivity contribution in [1.82, 2.24) is 10.2 Å². The van der Waals surface area contributed by atoms with Crippen LogP contribution < -0.4 is 5.32 Å². The third-order valence-corrected chi connectivity index (χ3v) is 5.48. The van der Waals surface area contributed by atoms with Crippen LogP contribution in [0.15, 0.2) is 12.1 Å². The van der Waals surface area contributed by atoms with Gasteiger partial charge in [-0.15, -0.1) is 11.3 Å². The van der Waals surface area contributed by atoms with Crippen molar-refractivity contribution in [3.63, 3.8) is 0 Å². The maximum atomic E-state index is 5.98. The minimum absolute atomic E-state index is 0.359. The van der Waals surface area contributed by atoms with Gasteiger partial charge in [0, 0.05) is 34.9 Å². The average molecular weight is 280 g/mol. The molecule has 4 heteroatoms. The van der Waals surface area contributed by atoms with Crippen molar-refractivity contribution in [3.8, 4) is 0 Å². The summed E-state index contributed by atoms with van der Waals surface area (Å²) < 4.78 is 5.98. The second-order valence-electron chi connectivity index (χ2n) is 5.82. The van der Waals surface area contributed by atoms with Crippen LogP contribution in [-0.4, -0.2) is 43.3 Å². The first kappa shape index (κ1) is 13.6. The quantitative estimate of drug-likeness (QED) is 0.917. The predicted molar refractivity (Wildman–Crippen MR) is 79.8 cm³/mol. The maximum absolute atomic E-state index is 5.98. The molecule has 2 aliphatic heterocycles. The van der Waals surface area contributed by atoms with Gasteiger partial charge in [-0.1, -0.05) is 0 Å². The number of rotatable bonds is 4. The van der Waals surface area contributed by atoms with Crippen LogP contribution in [0, 0.1) is 6.92 Å². The van der Waals surface area contributed by atoms with Gasteiger partial charge in [-0.3, -0.25) is 4.90 Å². The van der Waals surface area contributed by atoms with Crippen LogP contribution >= 0.6 is 11.3 Å². The van der Waals surface area contributed by atoms with Crippen molar-refractivity contribution >= 4 is 11.3 Å². The van der Waals surface area contributed by atoms with Crippen LogP contribution in [0.4, 0.5) is 0 Å². The summed E-state index contributed by atoms with van der Waals surface area (Å²) in [5.41, 5.74) is 0. The highest BCUT2D eigenvalue weighted by Gasteiger charge is 2.32. The first-order valence-electron chi connectivity index (χ1n) is 7.38. The van der Waals surface area contributed by atoms with Gasteiger partial charge < -0.3 is 10.1 Å². The normalized spacial score (nSPS) is 29.4. The minimum atomic E-state index is 0.359. The largest absolute Gasteiger partial charge is 0.374 e. The molecular weight excluding hydrogens is 256 g/mol. The summed E-state index contributed by atoms with van der Waals surface area (Å²) in [6.45, 7) is 8.67. The number of hydrogen-bond donors (Lipinski definition) is 1. The molecule has 0 spiro atoms. The molecule has 2 aliphatic rings. The Kier molecular flexibility index (Phi) is 4.22. The molecule has 3 unspecified atom stereocenters. The van der Waals surface area contributed by atoms with Crippen LogP contribution in [0.25, 0.3) is 0 Å². The molecular formula is C15H24N2OS. The van der Waals surface area contributed by atoms with E-state index in [1.54, 1.807) is 0 Å². The Labute approximate surface area is 119 Å². The van der Waals surface area contributed by atoms with E-state index >= 15 is 0 Å². The van der Waals surface area contributed by atoms with Crippen LogP contribution in [0.5, 0.6) is 0 Å². The fourth-order valence-electron chi connectivity index (χ4n) is 3.10. The van der Waals surface area contributed by atoms with Crippen LogP contribution in [0.3, 0.4) is 0 Å².